The maximum Gasteiger partial charge on any atom is 0.277 e. The minimum atomic E-state index is -0.452. The molecule has 0 aliphatic carbocycles. The van der Waals surface area contributed by atoms with Gasteiger partial charge in [-0.1, -0.05) is 42.5 Å². The first-order valence-electron chi connectivity index (χ1n) is 8.89. The first kappa shape index (κ1) is 19.2. The highest BCUT2D eigenvalue weighted by atomic mass is 79.9. The quantitative estimate of drug-likeness (QED) is 0.532. The summed E-state index contributed by atoms with van der Waals surface area (Å²) >= 11 is 4.78. The number of halogens is 1. The zero-order valence-corrected chi connectivity index (χ0v) is 17.4. The van der Waals surface area contributed by atoms with Gasteiger partial charge in [0.05, 0.1) is 18.8 Å². The van der Waals surface area contributed by atoms with Crippen molar-refractivity contribution in [2.75, 3.05) is 26.3 Å². The maximum absolute atomic E-state index is 13.2. The molecule has 0 bridgehead atoms. The molecule has 3 aromatic rings. The lowest BCUT2D eigenvalue weighted by Crippen LogP contribution is -2.42. The van der Waals surface area contributed by atoms with E-state index in [9.17, 15) is 4.79 Å². The van der Waals surface area contributed by atoms with Crippen molar-refractivity contribution in [2.24, 2.45) is 0 Å². The van der Waals surface area contributed by atoms with E-state index < -0.39 is 5.25 Å². The Kier molecular flexibility index (Phi) is 6.09. The summed E-state index contributed by atoms with van der Waals surface area (Å²) in [5.41, 5.74) is 1.72. The van der Waals surface area contributed by atoms with E-state index in [0.717, 1.165) is 15.6 Å². The van der Waals surface area contributed by atoms with Gasteiger partial charge in [0.15, 0.2) is 0 Å². The topological polar surface area (TPSA) is 68.5 Å². The summed E-state index contributed by atoms with van der Waals surface area (Å²) in [6.07, 6.45) is 0. The number of rotatable bonds is 5. The van der Waals surface area contributed by atoms with Crippen LogP contribution in [0.25, 0.3) is 11.5 Å². The third-order valence-electron chi connectivity index (χ3n) is 4.38. The summed E-state index contributed by atoms with van der Waals surface area (Å²) < 4.78 is 12.1. The molecule has 1 amide bonds. The number of aromatic nitrogens is 2. The van der Waals surface area contributed by atoms with E-state index in [0.29, 0.717) is 37.4 Å². The van der Waals surface area contributed by atoms with Crippen LogP contribution in [0.1, 0.15) is 10.8 Å². The first-order valence-corrected chi connectivity index (χ1v) is 10.6. The molecule has 0 saturated carbocycles. The lowest BCUT2D eigenvalue weighted by Gasteiger charge is -2.29. The molecule has 2 heterocycles. The van der Waals surface area contributed by atoms with Crippen molar-refractivity contribution < 1.29 is 13.9 Å². The molecule has 1 saturated heterocycles. The molecular weight excluding hydrogens is 442 g/mol. The highest BCUT2D eigenvalue weighted by Crippen LogP contribution is 2.38. The Balaban J connectivity index is 1.59. The highest BCUT2D eigenvalue weighted by Gasteiger charge is 2.30. The fourth-order valence-electron chi connectivity index (χ4n) is 2.94. The van der Waals surface area contributed by atoms with E-state index in [1.54, 1.807) is 0 Å². The molecule has 144 valence electrons. The second-order valence-electron chi connectivity index (χ2n) is 6.20. The monoisotopic (exact) mass is 459 g/mol. The van der Waals surface area contributed by atoms with Crippen LogP contribution in [0.3, 0.4) is 0 Å². The Bertz CT molecular complexity index is 945. The molecular formula is C20H18BrN3O3S. The normalized spacial score (nSPS) is 15.4. The lowest BCUT2D eigenvalue weighted by molar-refractivity contribution is -0.134. The van der Waals surface area contributed by atoms with Crippen LogP contribution < -0.4 is 0 Å². The van der Waals surface area contributed by atoms with E-state index in [1.165, 1.54) is 11.8 Å². The summed E-state index contributed by atoms with van der Waals surface area (Å²) in [6.45, 7) is 2.30. The maximum atomic E-state index is 13.2. The molecule has 1 fully saturated rings. The van der Waals surface area contributed by atoms with Gasteiger partial charge in [0.2, 0.25) is 11.8 Å². The zero-order chi connectivity index (χ0) is 19.3. The molecule has 1 aliphatic heterocycles. The standard InChI is InChI=1S/C20H18BrN3O3S/c21-16-9-5-4-8-15(16)18-22-23-20(27-18)28-17(14-6-2-1-3-7-14)19(25)24-10-12-26-13-11-24/h1-9,17H,10-13H2/t17-/m1/s1. The van der Waals surface area contributed by atoms with Crippen molar-refractivity contribution in [3.05, 3.63) is 64.6 Å². The predicted octanol–water partition coefficient (Wildman–Crippen LogP) is 4.19. The number of hydrogen-bond acceptors (Lipinski definition) is 6. The van der Waals surface area contributed by atoms with E-state index in [2.05, 4.69) is 26.1 Å². The Hall–Kier alpha value is -2.16. The highest BCUT2D eigenvalue weighted by molar-refractivity contribution is 9.10. The second-order valence-corrected chi connectivity index (χ2v) is 8.11. The third-order valence-corrected chi connectivity index (χ3v) is 6.15. The van der Waals surface area contributed by atoms with Crippen LogP contribution in [-0.4, -0.2) is 47.3 Å². The van der Waals surface area contributed by atoms with Gasteiger partial charge in [-0.2, -0.15) is 0 Å². The van der Waals surface area contributed by atoms with Crippen molar-refractivity contribution in [3.8, 4) is 11.5 Å². The van der Waals surface area contributed by atoms with Crippen molar-refractivity contribution in [1.82, 2.24) is 15.1 Å². The summed E-state index contributed by atoms with van der Waals surface area (Å²) in [6, 6.07) is 17.3. The van der Waals surface area contributed by atoms with Crippen LogP contribution in [0.15, 0.2) is 68.7 Å². The molecule has 0 spiro atoms. The van der Waals surface area contributed by atoms with Gasteiger partial charge in [0, 0.05) is 17.6 Å². The lowest BCUT2D eigenvalue weighted by atomic mass is 10.1. The van der Waals surface area contributed by atoms with Crippen LogP contribution in [0, 0.1) is 0 Å². The van der Waals surface area contributed by atoms with Crippen LogP contribution in [0.5, 0.6) is 0 Å². The second kappa shape index (κ2) is 8.89. The summed E-state index contributed by atoms with van der Waals surface area (Å²) in [5, 5.41) is 8.22. The van der Waals surface area contributed by atoms with Gasteiger partial charge in [-0.3, -0.25) is 4.79 Å². The number of hydrogen-bond donors (Lipinski definition) is 0. The van der Waals surface area contributed by atoms with Crippen LogP contribution in [0.2, 0.25) is 0 Å². The molecule has 1 aromatic heterocycles. The predicted molar refractivity (Wildman–Crippen MR) is 110 cm³/mol. The Labute approximate surface area is 175 Å². The molecule has 1 atom stereocenters. The van der Waals surface area contributed by atoms with Gasteiger partial charge in [0.1, 0.15) is 5.25 Å². The largest absolute Gasteiger partial charge is 0.411 e. The van der Waals surface area contributed by atoms with Gasteiger partial charge in [-0.15, -0.1) is 10.2 Å². The summed E-state index contributed by atoms with van der Waals surface area (Å²) in [7, 11) is 0. The fourth-order valence-corrected chi connectivity index (χ4v) is 4.35. The number of carbonyl (C=O) groups is 1. The van der Waals surface area contributed by atoms with Gasteiger partial charge in [0.25, 0.3) is 5.22 Å². The van der Waals surface area contributed by atoms with Crippen LogP contribution >= 0.6 is 27.7 Å². The van der Waals surface area contributed by atoms with Crippen molar-refractivity contribution in [1.29, 1.82) is 0 Å². The molecule has 2 aromatic carbocycles. The molecule has 4 rings (SSSR count). The van der Waals surface area contributed by atoms with E-state index >= 15 is 0 Å². The van der Waals surface area contributed by atoms with Crippen molar-refractivity contribution >= 4 is 33.6 Å². The molecule has 6 nitrogen and oxygen atoms in total. The van der Waals surface area contributed by atoms with Gasteiger partial charge in [-0.05, 0) is 45.4 Å². The molecule has 0 radical (unpaired) electrons. The fraction of sp³-hybridized carbons (Fsp3) is 0.250. The number of morpholine rings is 1. The summed E-state index contributed by atoms with van der Waals surface area (Å²) in [4.78, 5) is 15.0. The minimum absolute atomic E-state index is 0.0279. The number of benzene rings is 2. The third kappa shape index (κ3) is 4.29. The van der Waals surface area contributed by atoms with E-state index in [-0.39, 0.29) is 5.91 Å². The van der Waals surface area contributed by atoms with Gasteiger partial charge >= 0.3 is 0 Å². The van der Waals surface area contributed by atoms with Crippen LogP contribution in [0.4, 0.5) is 0 Å². The molecule has 8 heteroatoms. The molecule has 28 heavy (non-hydrogen) atoms. The van der Waals surface area contributed by atoms with Gasteiger partial charge < -0.3 is 14.1 Å². The minimum Gasteiger partial charge on any atom is -0.411 e. The number of ether oxygens (including phenoxy) is 1. The molecule has 1 aliphatic rings. The average Bonchev–Trinajstić information content (AvgIpc) is 3.21. The number of thioether (sulfide) groups is 1. The first-order chi connectivity index (χ1) is 13.7. The average molecular weight is 460 g/mol. The Morgan fingerprint density at radius 2 is 1.75 bits per heavy atom. The van der Waals surface area contributed by atoms with Gasteiger partial charge in [-0.25, -0.2) is 0 Å². The Morgan fingerprint density at radius 3 is 2.50 bits per heavy atom. The van der Waals surface area contributed by atoms with E-state index in [1.807, 2.05) is 59.5 Å². The van der Waals surface area contributed by atoms with Crippen molar-refractivity contribution in [3.63, 3.8) is 0 Å². The zero-order valence-electron chi connectivity index (χ0n) is 15.0. The number of nitrogens with zero attached hydrogens (tertiary/aromatic N) is 3. The molecule has 0 unspecified atom stereocenters. The van der Waals surface area contributed by atoms with Crippen molar-refractivity contribution in [2.45, 2.75) is 10.5 Å². The number of amides is 1. The van der Waals surface area contributed by atoms with E-state index in [4.69, 9.17) is 9.15 Å². The number of carbonyl (C=O) groups excluding carboxylic acids is 1. The summed E-state index contributed by atoms with van der Waals surface area (Å²) in [5.74, 6) is 0.445. The molecule has 0 N–H and O–H groups in total. The smallest absolute Gasteiger partial charge is 0.277 e. The Morgan fingerprint density at radius 1 is 1.04 bits per heavy atom. The van der Waals surface area contributed by atoms with Crippen LogP contribution in [-0.2, 0) is 9.53 Å². The SMILES string of the molecule is O=C([C@H](Sc1nnc(-c2ccccc2Br)o1)c1ccccc1)N1CCOCC1.